The van der Waals surface area contributed by atoms with Crippen molar-refractivity contribution in [3.05, 3.63) is 60.3 Å². The van der Waals surface area contributed by atoms with Crippen LogP contribution in [0.4, 0.5) is 0 Å². The summed E-state index contributed by atoms with van der Waals surface area (Å²) in [6.45, 7) is 11.5. The van der Waals surface area contributed by atoms with Crippen LogP contribution in [0.15, 0.2) is 54.8 Å². The number of hydrogen-bond donors (Lipinski definition) is 1. The monoisotopic (exact) mass is 366 g/mol. The molecule has 1 aromatic carbocycles. The molecule has 0 radical (unpaired) electrons. The van der Waals surface area contributed by atoms with Crippen LogP contribution in [0.1, 0.15) is 57.4 Å². The molecule has 3 rings (SSSR count). The van der Waals surface area contributed by atoms with E-state index in [0.717, 1.165) is 43.7 Å². The lowest BCUT2D eigenvalue weighted by Gasteiger charge is -2.39. The largest absolute Gasteiger partial charge is 0.494 e. The van der Waals surface area contributed by atoms with Crippen LogP contribution >= 0.6 is 0 Å². The van der Waals surface area contributed by atoms with Gasteiger partial charge in [-0.25, -0.2) is 0 Å². The predicted octanol–water partition coefficient (Wildman–Crippen LogP) is 5.51. The molecule has 0 saturated heterocycles. The lowest BCUT2D eigenvalue weighted by molar-refractivity contribution is 0.259. The fraction of sp³-hybridized carbons (Fsp3) is 0.500. The van der Waals surface area contributed by atoms with E-state index in [1.165, 1.54) is 36.1 Å². The maximum absolute atomic E-state index is 5.80. The van der Waals surface area contributed by atoms with Gasteiger partial charge in [-0.1, -0.05) is 32.6 Å². The zero-order valence-electron chi connectivity index (χ0n) is 17.0. The van der Waals surface area contributed by atoms with E-state index in [0.29, 0.717) is 12.1 Å². The Morgan fingerprint density at radius 3 is 2.56 bits per heavy atom. The van der Waals surface area contributed by atoms with Crippen molar-refractivity contribution in [3.63, 3.8) is 0 Å². The van der Waals surface area contributed by atoms with Crippen molar-refractivity contribution in [2.24, 2.45) is 0 Å². The summed E-state index contributed by atoms with van der Waals surface area (Å²) in [6.07, 6.45) is 10.1. The molecule has 3 heteroatoms. The first kappa shape index (κ1) is 19.6. The van der Waals surface area contributed by atoms with Gasteiger partial charge in [-0.3, -0.25) is 0 Å². The smallest absolute Gasteiger partial charge is 0.119 e. The fourth-order valence-corrected chi connectivity index (χ4v) is 4.00. The third kappa shape index (κ3) is 4.77. The molecule has 3 nitrogen and oxygen atoms in total. The van der Waals surface area contributed by atoms with E-state index in [1.54, 1.807) is 0 Å². The molecule has 0 amide bonds. The molecular weight excluding hydrogens is 332 g/mol. The maximum Gasteiger partial charge on any atom is 0.119 e. The van der Waals surface area contributed by atoms with Gasteiger partial charge >= 0.3 is 0 Å². The second-order valence-electron chi connectivity index (χ2n) is 7.67. The zero-order valence-corrected chi connectivity index (χ0v) is 17.0. The van der Waals surface area contributed by atoms with Gasteiger partial charge in [-0.2, -0.15) is 0 Å². The van der Waals surface area contributed by atoms with Gasteiger partial charge in [0.25, 0.3) is 0 Å². The Morgan fingerprint density at radius 2 is 1.96 bits per heavy atom. The molecule has 1 unspecified atom stereocenters. The van der Waals surface area contributed by atoms with Crippen molar-refractivity contribution in [2.45, 2.75) is 64.0 Å². The maximum atomic E-state index is 5.80. The van der Waals surface area contributed by atoms with Crippen LogP contribution in [0.3, 0.4) is 0 Å². The number of allylic oxidation sites excluding steroid dienone is 2. The van der Waals surface area contributed by atoms with E-state index in [-0.39, 0.29) is 0 Å². The molecule has 1 saturated carbocycles. The summed E-state index contributed by atoms with van der Waals surface area (Å²) in [5.41, 5.74) is 5.05. The Kier molecular flexibility index (Phi) is 6.65. The third-order valence-electron chi connectivity index (χ3n) is 5.72. The zero-order chi connectivity index (χ0) is 19.2. The van der Waals surface area contributed by atoms with Gasteiger partial charge in [0.15, 0.2) is 0 Å². The SMILES string of the molecule is C=CC1=C(NC)CCC(N(C(=C)c2ccc(OCCCC)cc2)C2CC2)C1. The molecule has 0 aliphatic heterocycles. The Hall–Kier alpha value is -2.16. The van der Waals surface area contributed by atoms with Crippen molar-refractivity contribution in [1.82, 2.24) is 10.2 Å². The molecule has 27 heavy (non-hydrogen) atoms. The molecule has 2 aliphatic rings. The lowest BCUT2D eigenvalue weighted by atomic mass is 9.90. The van der Waals surface area contributed by atoms with Crippen LogP contribution in [-0.2, 0) is 0 Å². The molecule has 0 heterocycles. The lowest BCUT2D eigenvalue weighted by Crippen LogP contribution is -2.38. The Bertz CT molecular complexity index is 685. The molecule has 146 valence electrons. The minimum absolute atomic E-state index is 0.510. The van der Waals surface area contributed by atoms with E-state index in [1.807, 2.05) is 13.1 Å². The Morgan fingerprint density at radius 1 is 1.22 bits per heavy atom. The van der Waals surface area contributed by atoms with Gasteiger partial charge in [0.2, 0.25) is 0 Å². The van der Waals surface area contributed by atoms with Crippen molar-refractivity contribution in [2.75, 3.05) is 13.7 Å². The first-order chi connectivity index (χ1) is 13.2. The summed E-state index contributed by atoms with van der Waals surface area (Å²) in [6, 6.07) is 9.63. The molecule has 1 atom stereocenters. The van der Waals surface area contributed by atoms with Crippen LogP contribution in [0.5, 0.6) is 5.75 Å². The number of nitrogens with zero attached hydrogens (tertiary/aromatic N) is 1. The number of ether oxygens (including phenoxy) is 1. The Balaban J connectivity index is 1.71. The van der Waals surface area contributed by atoms with E-state index >= 15 is 0 Å². The number of unbranched alkanes of at least 4 members (excludes halogenated alkanes) is 1. The van der Waals surface area contributed by atoms with Gasteiger partial charge in [-0.05, 0) is 73.9 Å². The fourth-order valence-electron chi connectivity index (χ4n) is 4.00. The van der Waals surface area contributed by atoms with E-state index in [4.69, 9.17) is 4.74 Å². The van der Waals surface area contributed by atoms with Crippen LogP contribution in [0.2, 0.25) is 0 Å². The van der Waals surface area contributed by atoms with Gasteiger partial charge < -0.3 is 15.0 Å². The van der Waals surface area contributed by atoms with Gasteiger partial charge in [0, 0.05) is 30.5 Å². The highest BCUT2D eigenvalue weighted by Crippen LogP contribution is 2.40. The average molecular weight is 367 g/mol. The Labute approximate surface area is 164 Å². The first-order valence-electron chi connectivity index (χ1n) is 10.4. The number of benzene rings is 1. The van der Waals surface area contributed by atoms with Crippen molar-refractivity contribution >= 4 is 5.70 Å². The standard InChI is InChI=1S/C24H34N2O/c1-5-7-16-27-23-13-8-20(9-14-23)18(3)26(21-10-11-21)22-12-15-24(25-4)19(6-2)17-22/h6,8-9,13-14,21-22,25H,2-3,5,7,10-12,15-17H2,1,4H3. The van der Waals surface area contributed by atoms with Crippen molar-refractivity contribution in [3.8, 4) is 5.75 Å². The quantitative estimate of drug-likeness (QED) is 0.552. The van der Waals surface area contributed by atoms with Crippen molar-refractivity contribution < 1.29 is 4.74 Å². The molecule has 1 N–H and O–H groups in total. The van der Waals surface area contributed by atoms with E-state index in [9.17, 15) is 0 Å². The summed E-state index contributed by atoms with van der Waals surface area (Å²) in [7, 11) is 2.01. The third-order valence-corrected chi connectivity index (χ3v) is 5.72. The highest BCUT2D eigenvalue weighted by molar-refractivity contribution is 5.63. The van der Waals surface area contributed by atoms with Crippen molar-refractivity contribution in [1.29, 1.82) is 0 Å². The molecule has 2 aliphatic carbocycles. The average Bonchev–Trinajstić information content (AvgIpc) is 3.53. The van der Waals surface area contributed by atoms with Crippen LogP contribution in [-0.4, -0.2) is 30.6 Å². The molecule has 1 fully saturated rings. The first-order valence-corrected chi connectivity index (χ1v) is 10.4. The van der Waals surface area contributed by atoms with E-state index in [2.05, 4.69) is 54.6 Å². The second kappa shape index (κ2) is 9.16. The summed E-state index contributed by atoms with van der Waals surface area (Å²) in [5.74, 6) is 0.950. The van der Waals surface area contributed by atoms with Gasteiger partial charge in [0.1, 0.15) is 5.75 Å². The summed E-state index contributed by atoms with van der Waals surface area (Å²) >= 11 is 0. The predicted molar refractivity (Wildman–Crippen MR) is 115 cm³/mol. The van der Waals surface area contributed by atoms with Crippen LogP contribution in [0, 0.1) is 0 Å². The molecule has 0 bridgehead atoms. The van der Waals surface area contributed by atoms with E-state index < -0.39 is 0 Å². The summed E-state index contributed by atoms with van der Waals surface area (Å²) < 4.78 is 5.80. The number of hydrogen-bond acceptors (Lipinski definition) is 3. The molecule has 1 aromatic rings. The second-order valence-corrected chi connectivity index (χ2v) is 7.67. The minimum atomic E-state index is 0.510. The van der Waals surface area contributed by atoms with Crippen LogP contribution < -0.4 is 10.1 Å². The molecule has 0 spiro atoms. The highest BCUT2D eigenvalue weighted by Gasteiger charge is 2.36. The molecular formula is C24H34N2O. The summed E-state index contributed by atoms with van der Waals surface area (Å²) in [4.78, 5) is 2.59. The van der Waals surface area contributed by atoms with Crippen LogP contribution in [0.25, 0.3) is 5.70 Å². The summed E-state index contributed by atoms with van der Waals surface area (Å²) in [5, 5.41) is 3.35. The topological polar surface area (TPSA) is 24.5 Å². The minimum Gasteiger partial charge on any atom is -0.494 e. The highest BCUT2D eigenvalue weighted by atomic mass is 16.5. The molecule has 0 aromatic heterocycles. The normalized spacial score (nSPS) is 19.6. The number of nitrogens with one attached hydrogen (secondary N) is 1. The van der Waals surface area contributed by atoms with Gasteiger partial charge in [-0.15, -0.1) is 0 Å². The van der Waals surface area contributed by atoms with Gasteiger partial charge in [0.05, 0.1) is 6.61 Å². The number of rotatable bonds is 10.